The number of aliphatic hydroxyl groups excluding tert-OH is 1. The maximum Gasteiger partial charge on any atom is 0.307 e. The third kappa shape index (κ3) is 2.83. The van der Waals surface area contributed by atoms with Gasteiger partial charge in [-0.05, 0) is 31.1 Å². The molecule has 102 valence electrons. The first-order valence-corrected chi connectivity index (χ1v) is 6.62. The second-order valence-electron chi connectivity index (χ2n) is 5.45. The number of carbonyl (C=O) groups excluding carboxylic acids is 2. The molecule has 0 radical (unpaired) electrons. The van der Waals surface area contributed by atoms with Crippen LogP contribution >= 0.6 is 0 Å². The lowest BCUT2D eigenvalue weighted by Gasteiger charge is -2.23. The molecule has 2 unspecified atom stereocenters. The number of esters is 1. The van der Waals surface area contributed by atoms with Crippen LogP contribution in [0.3, 0.4) is 0 Å². The summed E-state index contributed by atoms with van der Waals surface area (Å²) in [7, 11) is 1.30. The fourth-order valence-electron chi connectivity index (χ4n) is 3.32. The van der Waals surface area contributed by atoms with Crippen LogP contribution in [-0.2, 0) is 14.3 Å². The van der Waals surface area contributed by atoms with Gasteiger partial charge in [0.25, 0.3) is 0 Å². The lowest BCUT2D eigenvalue weighted by molar-refractivity contribution is -0.141. The van der Waals surface area contributed by atoms with Crippen LogP contribution in [0, 0.1) is 17.8 Å². The topological polar surface area (TPSA) is 75.6 Å². The largest absolute Gasteiger partial charge is 0.469 e. The molecule has 0 aromatic rings. The number of nitrogens with one attached hydrogen (secondary N) is 1. The van der Waals surface area contributed by atoms with E-state index in [4.69, 9.17) is 0 Å². The lowest BCUT2D eigenvalue weighted by atomic mass is 9.88. The summed E-state index contributed by atoms with van der Waals surface area (Å²) in [6.07, 6.45) is 4.55. The van der Waals surface area contributed by atoms with Gasteiger partial charge in [-0.15, -0.1) is 0 Å². The third-order valence-electron chi connectivity index (χ3n) is 4.28. The molecule has 0 saturated heterocycles. The summed E-state index contributed by atoms with van der Waals surface area (Å²) in [5, 5.41) is 11.9. The van der Waals surface area contributed by atoms with E-state index in [-0.39, 0.29) is 24.9 Å². The zero-order chi connectivity index (χ0) is 13.1. The minimum absolute atomic E-state index is 0.00912. The molecule has 2 aliphatic carbocycles. The molecular weight excluding hydrogens is 234 g/mol. The van der Waals surface area contributed by atoms with Crippen LogP contribution in [0.25, 0.3) is 0 Å². The van der Waals surface area contributed by atoms with Crippen LogP contribution in [0.15, 0.2) is 0 Å². The van der Waals surface area contributed by atoms with E-state index in [2.05, 4.69) is 10.1 Å². The monoisotopic (exact) mass is 255 g/mol. The number of amides is 1. The molecule has 2 aliphatic rings. The Kier molecular flexibility index (Phi) is 4.22. The molecule has 0 aliphatic heterocycles. The van der Waals surface area contributed by atoms with Gasteiger partial charge in [-0.1, -0.05) is 6.42 Å². The molecule has 5 nitrogen and oxygen atoms in total. The molecule has 1 amide bonds. The highest BCUT2D eigenvalue weighted by Crippen LogP contribution is 2.48. The number of rotatable bonds is 5. The Bertz CT molecular complexity index is 331. The molecule has 2 fully saturated rings. The highest BCUT2D eigenvalue weighted by atomic mass is 16.5. The number of hydrogen-bond donors (Lipinski definition) is 2. The zero-order valence-corrected chi connectivity index (χ0v) is 10.7. The molecular formula is C13H21NO4. The smallest absolute Gasteiger partial charge is 0.307 e. The van der Waals surface area contributed by atoms with Gasteiger partial charge in [0.1, 0.15) is 0 Å². The number of methoxy groups -OCH3 is 1. The number of aliphatic hydroxyl groups is 1. The summed E-state index contributed by atoms with van der Waals surface area (Å²) < 4.78 is 4.54. The summed E-state index contributed by atoms with van der Waals surface area (Å²) in [5.41, 5.74) is 0. The SMILES string of the molecule is COC(=O)CC(CO)NC(=O)C1C[C@H]2CC[C@@H]1C2. The maximum absolute atomic E-state index is 12.1. The van der Waals surface area contributed by atoms with Crippen LogP contribution < -0.4 is 5.32 Å². The highest BCUT2D eigenvalue weighted by molar-refractivity contribution is 5.80. The molecule has 2 saturated carbocycles. The van der Waals surface area contributed by atoms with Crippen molar-refractivity contribution in [3.05, 3.63) is 0 Å². The first-order valence-electron chi connectivity index (χ1n) is 6.62. The van der Waals surface area contributed by atoms with E-state index in [9.17, 15) is 14.7 Å². The predicted octanol–water partition coefficient (Wildman–Crippen LogP) is 0.463. The van der Waals surface area contributed by atoms with Crippen molar-refractivity contribution in [1.82, 2.24) is 5.32 Å². The summed E-state index contributed by atoms with van der Waals surface area (Å²) in [6.45, 7) is -0.234. The quantitative estimate of drug-likeness (QED) is 0.700. The fourth-order valence-corrected chi connectivity index (χ4v) is 3.32. The highest BCUT2D eigenvalue weighted by Gasteiger charge is 2.43. The minimum Gasteiger partial charge on any atom is -0.469 e. The molecule has 2 N–H and O–H groups in total. The van der Waals surface area contributed by atoms with Crippen molar-refractivity contribution in [3.63, 3.8) is 0 Å². The number of fused-ring (bicyclic) bond motifs is 2. The van der Waals surface area contributed by atoms with E-state index < -0.39 is 12.0 Å². The Balaban J connectivity index is 1.84. The van der Waals surface area contributed by atoms with Gasteiger partial charge in [-0.3, -0.25) is 9.59 Å². The van der Waals surface area contributed by atoms with E-state index in [1.165, 1.54) is 20.0 Å². The van der Waals surface area contributed by atoms with Crippen LogP contribution in [0.2, 0.25) is 0 Å². The average Bonchev–Trinajstić information content (AvgIpc) is 2.99. The van der Waals surface area contributed by atoms with Crippen molar-refractivity contribution in [2.75, 3.05) is 13.7 Å². The molecule has 2 bridgehead atoms. The van der Waals surface area contributed by atoms with Gasteiger partial charge in [-0.25, -0.2) is 0 Å². The van der Waals surface area contributed by atoms with Crippen molar-refractivity contribution in [3.8, 4) is 0 Å². The van der Waals surface area contributed by atoms with Crippen molar-refractivity contribution in [2.45, 2.75) is 38.1 Å². The van der Waals surface area contributed by atoms with Crippen molar-refractivity contribution < 1.29 is 19.4 Å². The van der Waals surface area contributed by atoms with E-state index in [1.807, 2.05) is 0 Å². The Morgan fingerprint density at radius 3 is 2.67 bits per heavy atom. The molecule has 0 spiro atoms. The number of ether oxygens (including phenoxy) is 1. The first-order chi connectivity index (χ1) is 8.63. The van der Waals surface area contributed by atoms with Crippen LogP contribution in [0.4, 0.5) is 0 Å². The molecule has 0 aromatic carbocycles. The van der Waals surface area contributed by atoms with Gasteiger partial charge >= 0.3 is 5.97 Å². The molecule has 4 atom stereocenters. The summed E-state index contributed by atoms with van der Waals surface area (Å²) in [5.74, 6) is 0.870. The summed E-state index contributed by atoms with van der Waals surface area (Å²) >= 11 is 0. The summed E-state index contributed by atoms with van der Waals surface area (Å²) in [4.78, 5) is 23.2. The zero-order valence-electron chi connectivity index (χ0n) is 10.7. The van der Waals surface area contributed by atoms with Gasteiger partial charge in [-0.2, -0.15) is 0 Å². The van der Waals surface area contributed by atoms with E-state index in [0.717, 1.165) is 12.8 Å². The second kappa shape index (κ2) is 5.69. The third-order valence-corrected chi connectivity index (χ3v) is 4.28. The van der Waals surface area contributed by atoms with Crippen LogP contribution in [0.1, 0.15) is 32.1 Å². The molecule has 0 heterocycles. The maximum atomic E-state index is 12.1. The van der Waals surface area contributed by atoms with Crippen molar-refractivity contribution >= 4 is 11.9 Å². The Labute approximate surface area is 107 Å². The van der Waals surface area contributed by atoms with Crippen LogP contribution in [-0.4, -0.2) is 36.7 Å². The number of carbonyl (C=O) groups is 2. The van der Waals surface area contributed by atoms with Gasteiger partial charge < -0.3 is 15.2 Å². The second-order valence-corrected chi connectivity index (χ2v) is 5.45. The Morgan fingerprint density at radius 1 is 1.39 bits per heavy atom. The standard InChI is InChI=1S/C13H21NO4/c1-18-12(16)6-10(7-15)14-13(17)11-5-8-2-3-9(11)4-8/h8-11,15H,2-7H2,1H3,(H,14,17)/t8-,9+,10?,11?/m0/s1. The lowest BCUT2D eigenvalue weighted by Crippen LogP contribution is -2.43. The van der Waals surface area contributed by atoms with E-state index >= 15 is 0 Å². The Hall–Kier alpha value is -1.10. The average molecular weight is 255 g/mol. The summed E-state index contributed by atoms with van der Waals surface area (Å²) in [6, 6.07) is -0.524. The molecule has 2 rings (SSSR count). The van der Waals surface area contributed by atoms with Gasteiger partial charge in [0.2, 0.25) is 5.91 Å². The first kappa shape index (κ1) is 13.3. The Morgan fingerprint density at radius 2 is 2.17 bits per heavy atom. The molecule has 0 aromatic heterocycles. The molecule has 18 heavy (non-hydrogen) atoms. The fraction of sp³-hybridized carbons (Fsp3) is 0.846. The van der Waals surface area contributed by atoms with Gasteiger partial charge in [0, 0.05) is 5.92 Å². The van der Waals surface area contributed by atoms with Crippen LogP contribution in [0.5, 0.6) is 0 Å². The normalized spacial score (nSPS) is 31.1. The number of hydrogen-bond acceptors (Lipinski definition) is 4. The van der Waals surface area contributed by atoms with Gasteiger partial charge in [0.15, 0.2) is 0 Å². The van der Waals surface area contributed by atoms with Crippen molar-refractivity contribution in [1.29, 1.82) is 0 Å². The van der Waals surface area contributed by atoms with E-state index in [0.29, 0.717) is 11.8 Å². The van der Waals surface area contributed by atoms with Gasteiger partial charge in [0.05, 0.1) is 26.2 Å². The van der Waals surface area contributed by atoms with E-state index in [1.54, 1.807) is 0 Å². The predicted molar refractivity (Wildman–Crippen MR) is 64.6 cm³/mol. The van der Waals surface area contributed by atoms with Crippen molar-refractivity contribution in [2.24, 2.45) is 17.8 Å². The minimum atomic E-state index is -0.524. The molecule has 5 heteroatoms.